The highest BCUT2D eigenvalue weighted by Gasteiger charge is 2.35. The summed E-state index contributed by atoms with van der Waals surface area (Å²) in [5.41, 5.74) is 1.54. The topological polar surface area (TPSA) is 66.0 Å². The van der Waals surface area contributed by atoms with Crippen molar-refractivity contribution in [2.75, 3.05) is 46.9 Å². The van der Waals surface area contributed by atoms with E-state index in [0.29, 0.717) is 5.92 Å². The van der Waals surface area contributed by atoms with Crippen molar-refractivity contribution in [1.29, 1.82) is 0 Å². The van der Waals surface area contributed by atoms with Crippen molar-refractivity contribution in [3.8, 4) is 0 Å². The highest BCUT2D eigenvalue weighted by Crippen LogP contribution is 2.40. The van der Waals surface area contributed by atoms with Crippen LogP contribution < -0.4 is 10.6 Å². The van der Waals surface area contributed by atoms with Crippen LogP contribution in [0.15, 0.2) is 35.3 Å². The average molecular weight is 514 g/mol. The Kier molecular flexibility index (Phi) is 9.68. The molecule has 1 saturated carbocycles. The van der Waals surface area contributed by atoms with E-state index in [9.17, 15) is 4.79 Å². The molecule has 2 fully saturated rings. The number of nitrogens with zero attached hydrogens (tertiary/aromatic N) is 2. The smallest absolute Gasteiger partial charge is 0.243 e. The van der Waals surface area contributed by atoms with Crippen molar-refractivity contribution in [2.24, 2.45) is 10.9 Å². The Morgan fingerprint density at radius 2 is 1.93 bits per heavy atom. The second-order valence-electron chi connectivity index (χ2n) is 8.27. The summed E-state index contributed by atoms with van der Waals surface area (Å²) in [6, 6.07) is 10.8. The zero-order valence-electron chi connectivity index (χ0n) is 17.7. The summed E-state index contributed by atoms with van der Waals surface area (Å²) < 4.78 is 5.47. The number of aliphatic imine (C=N–C) groups is 1. The monoisotopic (exact) mass is 514 g/mol. The Morgan fingerprint density at radius 3 is 2.55 bits per heavy atom. The van der Waals surface area contributed by atoms with Gasteiger partial charge < -0.3 is 20.3 Å². The highest BCUT2D eigenvalue weighted by molar-refractivity contribution is 14.0. The molecule has 1 atom stereocenters. The third kappa shape index (κ3) is 6.84. The lowest BCUT2D eigenvalue weighted by Gasteiger charge is -2.31. The van der Waals surface area contributed by atoms with E-state index >= 15 is 0 Å². The Hall–Kier alpha value is -1.35. The fourth-order valence-electron chi connectivity index (χ4n) is 4.11. The zero-order chi connectivity index (χ0) is 19.8. The predicted molar refractivity (Wildman–Crippen MR) is 128 cm³/mol. The van der Waals surface area contributed by atoms with E-state index in [0.717, 1.165) is 38.7 Å². The largest absolute Gasteiger partial charge is 0.381 e. The summed E-state index contributed by atoms with van der Waals surface area (Å²) in [5.74, 6) is 1.24. The van der Waals surface area contributed by atoms with Gasteiger partial charge in [-0.15, -0.1) is 24.0 Å². The van der Waals surface area contributed by atoms with Crippen molar-refractivity contribution in [3.05, 3.63) is 35.9 Å². The van der Waals surface area contributed by atoms with Crippen LogP contribution in [0.25, 0.3) is 0 Å². The Balaban J connectivity index is 0.00000300. The van der Waals surface area contributed by atoms with Crippen molar-refractivity contribution in [3.63, 3.8) is 0 Å². The number of likely N-dealkylation sites (N-methyl/N-ethyl adjacent to an activating group) is 1. The van der Waals surface area contributed by atoms with Crippen LogP contribution >= 0.6 is 24.0 Å². The molecule has 0 spiro atoms. The van der Waals surface area contributed by atoms with Crippen LogP contribution in [-0.2, 0) is 14.9 Å². The minimum atomic E-state index is 0. The fraction of sp³-hybridized carbons (Fsp3) is 0.636. The van der Waals surface area contributed by atoms with E-state index in [4.69, 9.17) is 4.74 Å². The number of halogens is 1. The number of rotatable bonds is 7. The lowest BCUT2D eigenvalue weighted by Crippen LogP contribution is -2.46. The second-order valence-corrected chi connectivity index (χ2v) is 8.27. The number of amides is 1. The minimum absolute atomic E-state index is 0. The van der Waals surface area contributed by atoms with E-state index in [1.54, 1.807) is 19.0 Å². The van der Waals surface area contributed by atoms with Crippen molar-refractivity contribution < 1.29 is 9.53 Å². The molecule has 1 aliphatic heterocycles. The molecule has 1 aromatic carbocycles. The first-order valence-corrected chi connectivity index (χ1v) is 10.4. The van der Waals surface area contributed by atoms with Gasteiger partial charge in [-0.2, -0.15) is 0 Å². The lowest BCUT2D eigenvalue weighted by molar-refractivity contribution is -0.127. The lowest BCUT2D eigenvalue weighted by atomic mass is 9.79. The molecular weight excluding hydrogens is 479 g/mol. The Labute approximate surface area is 191 Å². The maximum Gasteiger partial charge on any atom is 0.243 e. The summed E-state index contributed by atoms with van der Waals surface area (Å²) >= 11 is 0. The quantitative estimate of drug-likeness (QED) is 0.334. The summed E-state index contributed by atoms with van der Waals surface area (Å²) in [5, 5.41) is 6.98. The molecule has 6 nitrogen and oxygen atoms in total. The third-order valence-corrected chi connectivity index (χ3v) is 5.99. The van der Waals surface area contributed by atoms with Gasteiger partial charge in [0, 0.05) is 45.1 Å². The average Bonchev–Trinajstić information content (AvgIpc) is 3.40. The fourth-order valence-corrected chi connectivity index (χ4v) is 4.11. The van der Waals surface area contributed by atoms with Gasteiger partial charge in [0.1, 0.15) is 6.54 Å². The van der Waals surface area contributed by atoms with E-state index in [-0.39, 0.29) is 41.8 Å². The first kappa shape index (κ1) is 23.9. The number of guanidine groups is 1. The van der Waals surface area contributed by atoms with Crippen LogP contribution in [0.3, 0.4) is 0 Å². The molecule has 162 valence electrons. The van der Waals surface area contributed by atoms with E-state index < -0.39 is 0 Å². The van der Waals surface area contributed by atoms with Crippen molar-refractivity contribution in [2.45, 2.75) is 37.5 Å². The van der Waals surface area contributed by atoms with Crippen LogP contribution in [0, 0.1) is 5.92 Å². The van der Waals surface area contributed by atoms with Gasteiger partial charge in [-0.25, -0.2) is 4.99 Å². The SMILES string of the molecule is CN(C)C(=O)CN=C(NCC1CCOC1)NCC1(c2ccccc2)CCCC1.I. The van der Waals surface area contributed by atoms with E-state index in [1.807, 2.05) is 0 Å². The molecule has 0 radical (unpaired) electrons. The van der Waals surface area contributed by atoms with Gasteiger partial charge in [0.05, 0.1) is 6.61 Å². The number of ether oxygens (including phenoxy) is 1. The summed E-state index contributed by atoms with van der Waals surface area (Å²) in [6.07, 6.45) is 5.96. The van der Waals surface area contributed by atoms with Gasteiger partial charge in [0.25, 0.3) is 0 Å². The molecule has 2 aliphatic rings. The van der Waals surface area contributed by atoms with Gasteiger partial charge in [-0.3, -0.25) is 4.79 Å². The van der Waals surface area contributed by atoms with Gasteiger partial charge in [-0.1, -0.05) is 43.2 Å². The highest BCUT2D eigenvalue weighted by atomic mass is 127. The van der Waals surface area contributed by atoms with Crippen LogP contribution in [0.4, 0.5) is 0 Å². The van der Waals surface area contributed by atoms with Gasteiger partial charge >= 0.3 is 0 Å². The number of nitrogens with one attached hydrogen (secondary N) is 2. The maximum atomic E-state index is 12.0. The molecule has 2 N–H and O–H groups in total. The second kappa shape index (κ2) is 11.7. The standard InChI is InChI=1S/C22H34N4O2.HI/c1-26(2)20(27)15-24-21(23-14-18-10-13-28-16-18)25-17-22(11-6-7-12-22)19-8-4-3-5-9-19;/h3-5,8-9,18H,6-7,10-17H2,1-2H3,(H2,23,24,25);1H. The van der Waals surface area contributed by atoms with Crippen molar-refractivity contribution in [1.82, 2.24) is 15.5 Å². The molecular formula is C22H35IN4O2. The Bertz CT molecular complexity index is 654. The number of carbonyl (C=O) groups excluding carboxylic acids is 1. The molecule has 1 saturated heterocycles. The summed E-state index contributed by atoms with van der Waals surface area (Å²) in [7, 11) is 3.52. The van der Waals surface area contributed by atoms with Crippen LogP contribution in [0.5, 0.6) is 0 Å². The van der Waals surface area contributed by atoms with Gasteiger partial charge in [-0.05, 0) is 24.8 Å². The number of benzene rings is 1. The van der Waals surface area contributed by atoms with Crippen LogP contribution in [0.2, 0.25) is 0 Å². The van der Waals surface area contributed by atoms with Gasteiger partial charge in [0.15, 0.2) is 5.96 Å². The molecule has 0 bridgehead atoms. The number of hydrogen-bond donors (Lipinski definition) is 2. The molecule has 0 aromatic heterocycles. The first-order valence-electron chi connectivity index (χ1n) is 10.4. The molecule has 1 amide bonds. The first-order chi connectivity index (χ1) is 13.6. The van der Waals surface area contributed by atoms with Gasteiger partial charge in [0.2, 0.25) is 5.91 Å². The molecule has 1 heterocycles. The van der Waals surface area contributed by atoms with Crippen molar-refractivity contribution >= 4 is 35.8 Å². The van der Waals surface area contributed by atoms with E-state index in [2.05, 4.69) is 46.0 Å². The van der Waals surface area contributed by atoms with E-state index in [1.165, 1.54) is 31.2 Å². The molecule has 1 aliphatic carbocycles. The van der Waals surface area contributed by atoms with Crippen LogP contribution in [-0.4, -0.2) is 63.7 Å². The molecule has 3 rings (SSSR count). The molecule has 7 heteroatoms. The summed E-state index contributed by atoms with van der Waals surface area (Å²) in [4.78, 5) is 18.1. The third-order valence-electron chi connectivity index (χ3n) is 5.99. The predicted octanol–water partition coefficient (Wildman–Crippen LogP) is 2.78. The number of hydrogen-bond acceptors (Lipinski definition) is 3. The molecule has 29 heavy (non-hydrogen) atoms. The normalized spacial score (nSPS) is 20.8. The number of carbonyl (C=O) groups is 1. The zero-order valence-corrected chi connectivity index (χ0v) is 20.0. The summed E-state index contributed by atoms with van der Waals surface area (Å²) in [6.45, 7) is 3.44. The Morgan fingerprint density at radius 1 is 1.21 bits per heavy atom. The minimum Gasteiger partial charge on any atom is -0.381 e. The molecule has 1 unspecified atom stereocenters. The molecule has 1 aromatic rings. The maximum absolute atomic E-state index is 12.0. The van der Waals surface area contributed by atoms with Crippen LogP contribution in [0.1, 0.15) is 37.7 Å².